The number of benzene rings is 1. The van der Waals surface area contributed by atoms with E-state index in [1.165, 1.54) is 19.3 Å². The number of aliphatic hydroxyl groups excluding tert-OH is 1. The lowest BCUT2D eigenvalue weighted by Gasteiger charge is -2.38. The Morgan fingerprint density at radius 3 is 2.78 bits per heavy atom. The Labute approximate surface area is 138 Å². The summed E-state index contributed by atoms with van der Waals surface area (Å²) in [5, 5.41) is 12.4. The van der Waals surface area contributed by atoms with Crippen molar-refractivity contribution in [3.05, 3.63) is 35.9 Å². The molecule has 2 fully saturated rings. The number of carbonyl (C=O) groups is 1. The van der Waals surface area contributed by atoms with Gasteiger partial charge in [0, 0.05) is 19.2 Å². The molecule has 2 aliphatic rings. The molecule has 1 aliphatic carbocycles. The number of nitrogens with one attached hydrogen (secondary N) is 1. The molecule has 1 saturated carbocycles. The fourth-order valence-electron chi connectivity index (χ4n) is 4.24. The van der Waals surface area contributed by atoms with E-state index in [4.69, 9.17) is 5.11 Å². The number of hydrogen-bond acceptors (Lipinski definition) is 2. The van der Waals surface area contributed by atoms with Gasteiger partial charge in [0.15, 0.2) is 0 Å². The van der Waals surface area contributed by atoms with Crippen LogP contribution in [-0.4, -0.2) is 35.2 Å². The van der Waals surface area contributed by atoms with Crippen LogP contribution in [-0.2, 0) is 0 Å². The Kier molecular flexibility index (Phi) is 5.55. The van der Waals surface area contributed by atoms with Gasteiger partial charge >= 0.3 is 6.03 Å². The Hall–Kier alpha value is -1.55. The molecule has 1 heterocycles. The zero-order chi connectivity index (χ0) is 16.1. The molecule has 3 rings (SSSR count). The standard InChI is InChI=1S/C19H28N2O2/c22-14-6-11-17(15-7-2-1-3-8-15)20-19(23)21-13-5-10-16-9-4-12-18(16)21/h1-3,7-8,16-18,22H,4-6,9-14H2,(H,20,23). The van der Waals surface area contributed by atoms with E-state index < -0.39 is 0 Å². The third-order valence-electron chi connectivity index (χ3n) is 5.40. The number of amides is 2. The lowest BCUT2D eigenvalue weighted by molar-refractivity contribution is 0.125. The van der Waals surface area contributed by atoms with Crippen LogP contribution in [0.15, 0.2) is 30.3 Å². The number of rotatable bonds is 5. The Morgan fingerprint density at radius 2 is 2.00 bits per heavy atom. The first-order chi connectivity index (χ1) is 11.3. The average molecular weight is 316 g/mol. The second kappa shape index (κ2) is 7.82. The minimum absolute atomic E-state index is 0.0161. The summed E-state index contributed by atoms with van der Waals surface area (Å²) in [6.07, 6.45) is 7.57. The van der Waals surface area contributed by atoms with Gasteiger partial charge in [-0.05, 0) is 50.0 Å². The molecule has 1 aromatic carbocycles. The number of fused-ring (bicyclic) bond motifs is 1. The molecule has 4 nitrogen and oxygen atoms in total. The van der Waals surface area contributed by atoms with Crippen LogP contribution in [0.5, 0.6) is 0 Å². The summed E-state index contributed by atoms with van der Waals surface area (Å²) in [7, 11) is 0. The number of nitrogens with zero attached hydrogens (tertiary/aromatic N) is 1. The van der Waals surface area contributed by atoms with Crippen LogP contribution in [0.2, 0.25) is 0 Å². The highest BCUT2D eigenvalue weighted by atomic mass is 16.3. The van der Waals surface area contributed by atoms with Crippen LogP contribution in [0.4, 0.5) is 4.79 Å². The minimum atomic E-state index is -0.0161. The maximum Gasteiger partial charge on any atom is 0.318 e. The fourth-order valence-corrected chi connectivity index (χ4v) is 4.24. The summed E-state index contributed by atoms with van der Waals surface area (Å²) in [6, 6.07) is 10.6. The second-order valence-electron chi connectivity index (χ2n) is 6.87. The summed E-state index contributed by atoms with van der Waals surface area (Å²) < 4.78 is 0. The van der Waals surface area contributed by atoms with Gasteiger partial charge in [-0.3, -0.25) is 0 Å². The Morgan fingerprint density at radius 1 is 1.22 bits per heavy atom. The minimum Gasteiger partial charge on any atom is -0.396 e. The first-order valence-electron chi connectivity index (χ1n) is 9.02. The smallest absolute Gasteiger partial charge is 0.318 e. The normalized spacial score (nSPS) is 25.0. The van der Waals surface area contributed by atoms with Crippen molar-refractivity contribution in [3.8, 4) is 0 Å². The first kappa shape index (κ1) is 16.3. The molecule has 4 heteroatoms. The van der Waals surface area contributed by atoms with Crippen molar-refractivity contribution in [2.45, 2.75) is 57.0 Å². The van der Waals surface area contributed by atoms with Crippen molar-refractivity contribution in [2.75, 3.05) is 13.2 Å². The van der Waals surface area contributed by atoms with Crippen LogP contribution in [0.3, 0.4) is 0 Å². The highest BCUT2D eigenvalue weighted by Gasteiger charge is 2.37. The summed E-state index contributed by atoms with van der Waals surface area (Å²) >= 11 is 0. The monoisotopic (exact) mass is 316 g/mol. The largest absolute Gasteiger partial charge is 0.396 e. The van der Waals surface area contributed by atoms with Crippen molar-refractivity contribution < 1.29 is 9.90 Å². The van der Waals surface area contributed by atoms with Gasteiger partial charge in [-0.15, -0.1) is 0 Å². The average Bonchev–Trinajstić information content (AvgIpc) is 3.07. The van der Waals surface area contributed by atoms with Gasteiger partial charge in [0.05, 0.1) is 6.04 Å². The number of aliphatic hydroxyl groups is 1. The van der Waals surface area contributed by atoms with E-state index in [0.29, 0.717) is 18.4 Å². The van der Waals surface area contributed by atoms with Crippen LogP contribution in [0, 0.1) is 5.92 Å². The molecule has 1 aliphatic heterocycles. The van der Waals surface area contributed by atoms with Gasteiger partial charge in [-0.2, -0.15) is 0 Å². The van der Waals surface area contributed by atoms with Crippen LogP contribution < -0.4 is 5.32 Å². The van der Waals surface area contributed by atoms with Gasteiger partial charge in [0.2, 0.25) is 0 Å². The molecule has 0 bridgehead atoms. The molecule has 0 spiro atoms. The molecule has 3 unspecified atom stereocenters. The fraction of sp³-hybridized carbons (Fsp3) is 0.632. The number of urea groups is 1. The number of piperidine rings is 1. The predicted molar refractivity (Wildman–Crippen MR) is 91.1 cm³/mol. The van der Waals surface area contributed by atoms with Crippen LogP contribution >= 0.6 is 0 Å². The highest BCUT2D eigenvalue weighted by molar-refractivity contribution is 5.75. The van der Waals surface area contributed by atoms with Crippen LogP contribution in [0.1, 0.15) is 56.6 Å². The van der Waals surface area contributed by atoms with E-state index in [1.807, 2.05) is 18.2 Å². The van der Waals surface area contributed by atoms with Gasteiger partial charge in [-0.1, -0.05) is 36.8 Å². The zero-order valence-corrected chi connectivity index (χ0v) is 13.8. The van der Waals surface area contributed by atoms with Gasteiger partial charge < -0.3 is 15.3 Å². The molecule has 23 heavy (non-hydrogen) atoms. The maximum absolute atomic E-state index is 12.8. The number of carbonyl (C=O) groups excluding carboxylic acids is 1. The summed E-state index contributed by atoms with van der Waals surface area (Å²) in [6.45, 7) is 1.04. The van der Waals surface area contributed by atoms with Crippen LogP contribution in [0.25, 0.3) is 0 Å². The summed E-state index contributed by atoms with van der Waals surface area (Å²) in [5.41, 5.74) is 1.12. The zero-order valence-electron chi connectivity index (χ0n) is 13.8. The van der Waals surface area contributed by atoms with E-state index in [2.05, 4.69) is 22.3 Å². The molecule has 1 aromatic rings. The third-order valence-corrected chi connectivity index (χ3v) is 5.40. The van der Waals surface area contributed by atoms with Crippen molar-refractivity contribution >= 4 is 6.03 Å². The van der Waals surface area contributed by atoms with E-state index in [0.717, 1.165) is 31.4 Å². The lowest BCUT2D eigenvalue weighted by atomic mass is 9.92. The van der Waals surface area contributed by atoms with E-state index >= 15 is 0 Å². The summed E-state index contributed by atoms with van der Waals surface area (Å²) in [5.74, 6) is 0.710. The first-order valence-corrected chi connectivity index (χ1v) is 9.02. The van der Waals surface area contributed by atoms with E-state index in [9.17, 15) is 4.79 Å². The van der Waals surface area contributed by atoms with Gasteiger partial charge in [-0.25, -0.2) is 4.79 Å². The topological polar surface area (TPSA) is 52.6 Å². The van der Waals surface area contributed by atoms with Gasteiger partial charge in [0.25, 0.3) is 0 Å². The van der Waals surface area contributed by atoms with Crippen molar-refractivity contribution in [1.82, 2.24) is 10.2 Å². The third kappa shape index (κ3) is 3.86. The maximum atomic E-state index is 12.8. The summed E-state index contributed by atoms with van der Waals surface area (Å²) in [4.78, 5) is 14.9. The predicted octanol–water partition coefficient (Wildman–Crippen LogP) is 3.47. The molecule has 0 radical (unpaired) electrons. The molecule has 3 atom stereocenters. The second-order valence-corrected chi connectivity index (χ2v) is 6.87. The van der Waals surface area contributed by atoms with Crippen molar-refractivity contribution in [3.63, 3.8) is 0 Å². The molecule has 126 valence electrons. The molecular weight excluding hydrogens is 288 g/mol. The Bertz CT molecular complexity index is 505. The lowest BCUT2D eigenvalue weighted by Crippen LogP contribution is -2.51. The van der Waals surface area contributed by atoms with Gasteiger partial charge in [0.1, 0.15) is 0 Å². The Balaban J connectivity index is 1.67. The van der Waals surface area contributed by atoms with E-state index in [1.54, 1.807) is 0 Å². The van der Waals surface area contributed by atoms with Crippen molar-refractivity contribution in [2.24, 2.45) is 5.92 Å². The molecular formula is C19H28N2O2. The molecule has 2 amide bonds. The SMILES string of the molecule is O=C(NC(CCCO)c1ccccc1)N1CCCC2CCCC21. The molecule has 2 N–H and O–H groups in total. The quantitative estimate of drug-likeness (QED) is 0.874. The van der Waals surface area contributed by atoms with E-state index in [-0.39, 0.29) is 18.7 Å². The molecule has 1 saturated heterocycles. The number of hydrogen-bond donors (Lipinski definition) is 2. The van der Waals surface area contributed by atoms with Crippen molar-refractivity contribution in [1.29, 1.82) is 0 Å². The number of likely N-dealkylation sites (tertiary alicyclic amines) is 1. The highest BCUT2D eigenvalue weighted by Crippen LogP contribution is 2.37. The molecule has 0 aromatic heterocycles.